The van der Waals surface area contributed by atoms with Crippen molar-refractivity contribution in [2.24, 2.45) is 5.92 Å². The summed E-state index contributed by atoms with van der Waals surface area (Å²) >= 11 is 0. The van der Waals surface area contributed by atoms with Crippen LogP contribution in [0.5, 0.6) is 0 Å². The first-order valence-electron chi connectivity index (χ1n) is 12.8. The fourth-order valence-electron chi connectivity index (χ4n) is 5.23. The van der Waals surface area contributed by atoms with Crippen molar-refractivity contribution in [1.29, 1.82) is 0 Å². The molecule has 1 N–H and O–H groups in total. The summed E-state index contributed by atoms with van der Waals surface area (Å²) in [4.78, 5) is 66.1. The molecule has 12 nitrogen and oxygen atoms in total. The van der Waals surface area contributed by atoms with Gasteiger partial charge in [-0.15, -0.1) is 0 Å². The minimum absolute atomic E-state index is 0.0102. The molecule has 3 amide bonds. The molecular weight excluding hydrogens is 540 g/mol. The van der Waals surface area contributed by atoms with E-state index in [1.165, 1.54) is 58.3 Å². The lowest BCUT2D eigenvalue weighted by atomic mass is 10.0. The number of fused-ring (bicyclic) bond motifs is 1. The normalized spacial score (nSPS) is 19.4. The Bertz CT molecular complexity index is 1470. The van der Waals surface area contributed by atoms with Crippen LogP contribution in [0, 0.1) is 16.0 Å². The van der Waals surface area contributed by atoms with Gasteiger partial charge in [0.25, 0.3) is 17.5 Å². The molecule has 3 atom stereocenters. The van der Waals surface area contributed by atoms with Gasteiger partial charge in [0, 0.05) is 36.1 Å². The van der Waals surface area contributed by atoms with E-state index in [-0.39, 0.29) is 46.5 Å². The van der Waals surface area contributed by atoms with E-state index in [1.54, 1.807) is 0 Å². The second kappa shape index (κ2) is 11.2. The van der Waals surface area contributed by atoms with E-state index in [0.717, 1.165) is 6.26 Å². The lowest BCUT2D eigenvalue weighted by Crippen LogP contribution is -2.53. The van der Waals surface area contributed by atoms with Crippen molar-refractivity contribution in [3.05, 3.63) is 69.8 Å². The SMILES string of the molecule is CC(C)CC(NC(=O)c1ccc([N+](=O)[O-])cc1)C(=O)N1CCC2C1C(=O)CN2C(=O)c1cccc(S(C)(=O)=O)c1. The monoisotopic (exact) mass is 570 g/mol. The minimum atomic E-state index is -3.54. The molecule has 40 heavy (non-hydrogen) atoms. The fourth-order valence-corrected chi connectivity index (χ4v) is 5.90. The van der Waals surface area contributed by atoms with Crippen molar-refractivity contribution in [1.82, 2.24) is 15.1 Å². The Kier molecular flexibility index (Phi) is 8.05. The molecular formula is C27H30N4O8S. The number of Topliss-reactive ketones (excluding diaryl/α,β-unsaturated/α-hetero) is 1. The molecule has 2 aliphatic rings. The molecule has 4 rings (SSSR count). The Morgan fingerprint density at radius 1 is 1.07 bits per heavy atom. The molecule has 0 bridgehead atoms. The number of ketones is 1. The number of carbonyl (C=O) groups excluding carboxylic acids is 4. The van der Waals surface area contributed by atoms with Crippen LogP contribution in [0.15, 0.2) is 53.4 Å². The van der Waals surface area contributed by atoms with Gasteiger partial charge < -0.3 is 15.1 Å². The van der Waals surface area contributed by atoms with Gasteiger partial charge in [0.05, 0.1) is 22.4 Å². The maximum Gasteiger partial charge on any atom is 0.269 e. The van der Waals surface area contributed by atoms with E-state index in [0.29, 0.717) is 12.8 Å². The number of hydrogen-bond acceptors (Lipinski definition) is 8. The third kappa shape index (κ3) is 5.88. The zero-order valence-electron chi connectivity index (χ0n) is 22.3. The van der Waals surface area contributed by atoms with Gasteiger partial charge in [-0.25, -0.2) is 8.42 Å². The van der Waals surface area contributed by atoms with Crippen LogP contribution in [0.25, 0.3) is 0 Å². The van der Waals surface area contributed by atoms with Crippen LogP contribution >= 0.6 is 0 Å². The molecule has 3 unspecified atom stereocenters. The van der Waals surface area contributed by atoms with Gasteiger partial charge >= 0.3 is 0 Å². The van der Waals surface area contributed by atoms with Crippen molar-refractivity contribution in [3.63, 3.8) is 0 Å². The van der Waals surface area contributed by atoms with Crippen molar-refractivity contribution in [2.45, 2.75) is 49.7 Å². The Labute approximate surface area is 231 Å². The zero-order chi connectivity index (χ0) is 29.4. The van der Waals surface area contributed by atoms with Crippen LogP contribution in [0.3, 0.4) is 0 Å². The highest BCUT2D eigenvalue weighted by molar-refractivity contribution is 7.90. The molecule has 212 valence electrons. The maximum atomic E-state index is 13.7. The molecule has 0 radical (unpaired) electrons. The molecule has 0 spiro atoms. The summed E-state index contributed by atoms with van der Waals surface area (Å²) in [7, 11) is -3.54. The predicted octanol–water partition coefficient (Wildman–Crippen LogP) is 1.84. The van der Waals surface area contributed by atoms with E-state index in [2.05, 4.69) is 5.32 Å². The quantitative estimate of drug-likeness (QED) is 0.371. The van der Waals surface area contributed by atoms with Gasteiger partial charge in [-0.3, -0.25) is 29.3 Å². The van der Waals surface area contributed by atoms with E-state index in [4.69, 9.17) is 0 Å². The second-order valence-electron chi connectivity index (χ2n) is 10.5. The summed E-state index contributed by atoms with van der Waals surface area (Å²) in [6, 6.07) is 8.23. The third-order valence-electron chi connectivity index (χ3n) is 7.13. The highest BCUT2D eigenvalue weighted by atomic mass is 32.2. The topological polar surface area (TPSA) is 164 Å². The number of carbonyl (C=O) groups is 4. The largest absolute Gasteiger partial charge is 0.340 e. The number of nitro benzene ring substituents is 1. The number of nitro groups is 1. The second-order valence-corrected chi connectivity index (χ2v) is 12.5. The number of hydrogen-bond donors (Lipinski definition) is 1. The Hall–Kier alpha value is -4.13. The Morgan fingerprint density at radius 2 is 1.75 bits per heavy atom. The number of nitrogens with one attached hydrogen (secondary N) is 1. The molecule has 2 saturated heterocycles. The summed E-state index contributed by atoms with van der Waals surface area (Å²) in [5, 5.41) is 13.6. The van der Waals surface area contributed by atoms with E-state index in [1.807, 2.05) is 13.8 Å². The number of non-ortho nitro benzene ring substituents is 1. The number of likely N-dealkylation sites (tertiary alicyclic amines) is 2. The van der Waals surface area contributed by atoms with Gasteiger partial charge in [0.1, 0.15) is 12.1 Å². The number of nitrogens with zero attached hydrogens (tertiary/aromatic N) is 3. The summed E-state index contributed by atoms with van der Waals surface area (Å²) in [6.07, 6.45) is 1.69. The van der Waals surface area contributed by atoms with Crippen molar-refractivity contribution >= 4 is 39.0 Å². The number of benzene rings is 2. The molecule has 0 aromatic heterocycles. The first kappa shape index (κ1) is 28.9. The van der Waals surface area contributed by atoms with Crippen LogP contribution < -0.4 is 5.32 Å². The first-order chi connectivity index (χ1) is 18.8. The minimum Gasteiger partial charge on any atom is -0.340 e. The van der Waals surface area contributed by atoms with Gasteiger partial charge in [0.2, 0.25) is 5.91 Å². The van der Waals surface area contributed by atoms with Crippen LogP contribution in [0.1, 0.15) is 47.4 Å². The first-order valence-corrected chi connectivity index (χ1v) is 14.7. The summed E-state index contributed by atoms with van der Waals surface area (Å²) in [5.41, 5.74) is 0.113. The van der Waals surface area contributed by atoms with Crippen LogP contribution in [-0.2, 0) is 19.4 Å². The predicted molar refractivity (Wildman–Crippen MR) is 143 cm³/mol. The van der Waals surface area contributed by atoms with Crippen molar-refractivity contribution < 1.29 is 32.5 Å². The Morgan fingerprint density at radius 3 is 2.35 bits per heavy atom. The van der Waals surface area contributed by atoms with E-state index < -0.39 is 50.6 Å². The molecule has 0 saturated carbocycles. The van der Waals surface area contributed by atoms with Gasteiger partial charge in [-0.05, 0) is 49.1 Å². The van der Waals surface area contributed by atoms with Crippen LogP contribution in [-0.4, -0.2) is 84.1 Å². The van der Waals surface area contributed by atoms with Crippen LogP contribution in [0.4, 0.5) is 5.69 Å². The van der Waals surface area contributed by atoms with E-state index >= 15 is 0 Å². The smallest absolute Gasteiger partial charge is 0.269 e. The summed E-state index contributed by atoms with van der Waals surface area (Å²) in [5.74, 6) is -1.81. The van der Waals surface area contributed by atoms with Crippen LogP contribution in [0.2, 0.25) is 0 Å². The summed E-state index contributed by atoms with van der Waals surface area (Å²) < 4.78 is 23.9. The lowest BCUT2D eigenvalue weighted by molar-refractivity contribution is -0.384. The maximum absolute atomic E-state index is 13.7. The highest BCUT2D eigenvalue weighted by Gasteiger charge is 2.52. The average Bonchev–Trinajstić information content (AvgIpc) is 3.48. The highest BCUT2D eigenvalue weighted by Crippen LogP contribution is 2.32. The van der Waals surface area contributed by atoms with E-state index in [9.17, 15) is 37.7 Å². The molecule has 13 heteroatoms. The zero-order valence-corrected chi connectivity index (χ0v) is 23.1. The number of sulfone groups is 1. The molecule has 2 fully saturated rings. The van der Waals surface area contributed by atoms with Gasteiger partial charge in [0.15, 0.2) is 15.6 Å². The molecule has 2 aromatic rings. The fraction of sp³-hybridized carbons (Fsp3) is 0.407. The average molecular weight is 571 g/mol. The summed E-state index contributed by atoms with van der Waals surface area (Å²) in [6.45, 7) is 3.76. The lowest BCUT2D eigenvalue weighted by Gasteiger charge is -2.29. The Balaban J connectivity index is 1.52. The standard InChI is InChI=1S/C27H30N4O8S/c1-16(2)13-21(28-25(33)17-7-9-19(10-8-17)31(36)37)27(35)29-12-11-22-24(29)23(32)15-30(22)26(34)18-5-4-6-20(14-18)40(3,38)39/h4-10,14,16,21-22,24H,11-13,15H2,1-3H3,(H,28,33). The number of amides is 3. The third-order valence-corrected chi connectivity index (χ3v) is 8.24. The number of rotatable bonds is 8. The molecule has 2 heterocycles. The van der Waals surface area contributed by atoms with Gasteiger partial charge in [-0.2, -0.15) is 0 Å². The molecule has 2 aromatic carbocycles. The van der Waals surface area contributed by atoms with Crippen molar-refractivity contribution in [2.75, 3.05) is 19.3 Å². The molecule has 2 aliphatic heterocycles. The van der Waals surface area contributed by atoms with Gasteiger partial charge in [-0.1, -0.05) is 19.9 Å². The molecule has 0 aliphatic carbocycles. The van der Waals surface area contributed by atoms with Crippen molar-refractivity contribution in [3.8, 4) is 0 Å².